The fourth-order valence-corrected chi connectivity index (χ4v) is 3.40. The van der Waals surface area contributed by atoms with Crippen molar-refractivity contribution in [2.75, 3.05) is 53.7 Å². The molecule has 1 heterocycles. The molecule has 2 N–H and O–H groups in total. The molecule has 0 aromatic heterocycles. The molecule has 1 aliphatic rings. The van der Waals surface area contributed by atoms with E-state index in [2.05, 4.69) is 16.3 Å². The van der Waals surface area contributed by atoms with Gasteiger partial charge in [0.2, 0.25) is 0 Å². The van der Waals surface area contributed by atoms with Crippen LogP contribution < -0.4 is 19.5 Å². The molecular formula is C23H32N2O5. The molecule has 1 fully saturated rings. The van der Waals surface area contributed by atoms with E-state index in [4.69, 9.17) is 18.9 Å². The van der Waals surface area contributed by atoms with E-state index in [1.54, 1.807) is 14.2 Å². The summed E-state index contributed by atoms with van der Waals surface area (Å²) in [5, 5.41) is 13.7. The maximum atomic E-state index is 10.3. The van der Waals surface area contributed by atoms with E-state index in [0.29, 0.717) is 37.8 Å². The van der Waals surface area contributed by atoms with Crippen LogP contribution in [0.4, 0.5) is 0 Å². The molecule has 1 saturated heterocycles. The third-order valence-electron chi connectivity index (χ3n) is 5.02. The van der Waals surface area contributed by atoms with Crippen LogP contribution in [0, 0.1) is 0 Å². The molecule has 30 heavy (non-hydrogen) atoms. The summed E-state index contributed by atoms with van der Waals surface area (Å²) in [7, 11) is 3.30. The van der Waals surface area contributed by atoms with Gasteiger partial charge in [-0.25, -0.2) is 0 Å². The lowest BCUT2D eigenvalue weighted by Gasteiger charge is -2.28. The molecule has 7 heteroatoms. The van der Waals surface area contributed by atoms with Gasteiger partial charge in [0, 0.05) is 32.7 Å². The fraction of sp³-hybridized carbons (Fsp3) is 0.478. The first-order valence-corrected chi connectivity index (χ1v) is 10.3. The van der Waals surface area contributed by atoms with Gasteiger partial charge >= 0.3 is 0 Å². The Hall–Kier alpha value is -2.32. The van der Waals surface area contributed by atoms with Gasteiger partial charge in [-0.1, -0.05) is 18.2 Å². The van der Waals surface area contributed by atoms with Gasteiger partial charge in [-0.15, -0.1) is 0 Å². The third kappa shape index (κ3) is 6.88. The zero-order chi connectivity index (χ0) is 21.2. The second kappa shape index (κ2) is 11.8. The zero-order valence-electron chi connectivity index (χ0n) is 17.8. The molecule has 1 atom stereocenters. The number of aliphatic hydroxyl groups excluding tert-OH is 1. The van der Waals surface area contributed by atoms with Crippen LogP contribution in [0.2, 0.25) is 0 Å². The molecule has 0 bridgehead atoms. The predicted octanol–water partition coefficient (Wildman–Crippen LogP) is 2.07. The number of morpholine rings is 1. The predicted molar refractivity (Wildman–Crippen MR) is 115 cm³/mol. The number of aliphatic hydroxyl groups is 1. The lowest BCUT2D eigenvalue weighted by molar-refractivity contribution is 0.00445. The second-order valence-electron chi connectivity index (χ2n) is 7.32. The number of nitrogens with zero attached hydrogens (tertiary/aromatic N) is 1. The summed E-state index contributed by atoms with van der Waals surface area (Å²) in [4.78, 5) is 2.19. The van der Waals surface area contributed by atoms with E-state index in [1.165, 1.54) is 0 Å². The van der Waals surface area contributed by atoms with Crippen LogP contribution in [0.3, 0.4) is 0 Å². The first kappa shape index (κ1) is 22.4. The number of methoxy groups -OCH3 is 2. The van der Waals surface area contributed by atoms with Gasteiger partial charge in [0.05, 0.1) is 27.4 Å². The monoisotopic (exact) mass is 416 g/mol. The third-order valence-corrected chi connectivity index (χ3v) is 5.02. The molecule has 0 unspecified atom stereocenters. The molecule has 2 aromatic carbocycles. The number of rotatable bonds is 11. The van der Waals surface area contributed by atoms with Crippen LogP contribution in [0.1, 0.15) is 11.1 Å². The highest BCUT2D eigenvalue weighted by atomic mass is 16.5. The summed E-state index contributed by atoms with van der Waals surface area (Å²) in [5.41, 5.74) is 2.26. The Kier molecular flexibility index (Phi) is 8.77. The van der Waals surface area contributed by atoms with Crippen LogP contribution in [0.15, 0.2) is 42.5 Å². The molecular weight excluding hydrogens is 384 g/mol. The second-order valence-corrected chi connectivity index (χ2v) is 7.32. The van der Waals surface area contributed by atoms with Gasteiger partial charge < -0.3 is 29.4 Å². The van der Waals surface area contributed by atoms with E-state index < -0.39 is 6.10 Å². The largest absolute Gasteiger partial charge is 0.497 e. The Labute approximate surface area is 178 Å². The zero-order valence-corrected chi connectivity index (χ0v) is 17.8. The molecule has 1 aliphatic heterocycles. The molecule has 164 valence electrons. The summed E-state index contributed by atoms with van der Waals surface area (Å²) in [6, 6.07) is 13.9. The van der Waals surface area contributed by atoms with Crippen molar-refractivity contribution in [2.24, 2.45) is 0 Å². The number of hydrogen-bond donors (Lipinski definition) is 2. The van der Waals surface area contributed by atoms with Crippen molar-refractivity contribution in [3.05, 3.63) is 53.6 Å². The number of ether oxygens (including phenoxy) is 4. The normalized spacial score (nSPS) is 15.6. The van der Waals surface area contributed by atoms with Gasteiger partial charge in [0.15, 0.2) is 11.5 Å². The Morgan fingerprint density at radius 1 is 1.00 bits per heavy atom. The van der Waals surface area contributed by atoms with Gasteiger partial charge in [0.1, 0.15) is 18.5 Å². The van der Waals surface area contributed by atoms with E-state index >= 15 is 0 Å². The maximum Gasteiger partial charge on any atom is 0.161 e. The first-order valence-electron chi connectivity index (χ1n) is 10.3. The van der Waals surface area contributed by atoms with E-state index in [0.717, 1.165) is 36.5 Å². The highest BCUT2D eigenvalue weighted by molar-refractivity contribution is 5.43. The van der Waals surface area contributed by atoms with Crippen molar-refractivity contribution in [1.29, 1.82) is 0 Å². The van der Waals surface area contributed by atoms with Gasteiger partial charge in [0.25, 0.3) is 0 Å². The van der Waals surface area contributed by atoms with Crippen molar-refractivity contribution in [2.45, 2.75) is 19.2 Å². The molecule has 2 aromatic rings. The summed E-state index contributed by atoms with van der Waals surface area (Å²) in [6.45, 7) is 5.37. The van der Waals surface area contributed by atoms with Crippen molar-refractivity contribution in [3.8, 4) is 17.2 Å². The van der Waals surface area contributed by atoms with E-state index in [1.807, 2.05) is 36.4 Å². The van der Waals surface area contributed by atoms with Crippen molar-refractivity contribution >= 4 is 0 Å². The average molecular weight is 417 g/mol. The molecule has 0 aliphatic carbocycles. The summed E-state index contributed by atoms with van der Waals surface area (Å²) in [5.74, 6) is 2.15. The highest BCUT2D eigenvalue weighted by Crippen LogP contribution is 2.28. The van der Waals surface area contributed by atoms with Crippen LogP contribution in [0.25, 0.3) is 0 Å². The Balaban J connectivity index is 1.47. The number of β-amino-alcohol motifs (C(OH)–C–C–N with tert-alkyl or cyclic N) is 1. The lowest BCUT2D eigenvalue weighted by atomic mass is 10.1. The first-order chi connectivity index (χ1) is 14.7. The van der Waals surface area contributed by atoms with Crippen molar-refractivity contribution in [1.82, 2.24) is 10.2 Å². The standard InChI is InChI=1S/C23H32N2O5/c1-27-21-5-3-4-18(12-21)14-24-15-19-6-7-22(23(13-19)28-2)30-17-20(26)16-25-8-10-29-11-9-25/h3-7,12-13,20,24,26H,8-11,14-17H2,1-2H3/t20-/m0/s1. The molecule has 0 radical (unpaired) electrons. The van der Waals surface area contributed by atoms with Gasteiger partial charge in [-0.2, -0.15) is 0 Å². The van der Waals surface area contributed by atoms with E-state index in [9.17, 15) is 5.11 Å². The van der Waals surface area contributed by atoms with Crippen molar-refractivity contribution < 1.29 is 24.1 Å². The Morgan fingerprint density at radius 3 is 2.50 bits per heavy atom. The minimum absolute atomic E-state index is 0.223. The molecule has 0 saturated carbocycles. The van der Waals surface area contributed by atoms with Crippen LogP contribution in [-0.4, -0.2) is 69.8 Å². The van der Waals surface area contributed by atoms with Crippen LogP contribution >= 0.6 is 0 Å². The van der Waals surface area contributed by atoms with Crippen molar-refractivity contribution in [3.63, 3.8) is 0 Å². The molecule has 3 rings (SSSR count). The number of nitrogens with one attached hydrogen (secondary N) is 1. The molecule has 0 amide bonds. The highest BCUT2D eigenvalue weighted by Gasteiger charge is 2.16. The topological polar surface area (TPSA) is 72.4 Å². The van der Waals surface area contributed by atoms with Crippen LogP contribution in [-0.2, 0) is 17.8 Å². The summed E-state index contributed by atoms with van der Waals surface area (Å²) < 4.78 is 21.9. The summed E-state index contributed by atoms with van der Waals surface area (Å²) >= 11 is 0. The molecule has 0 spiro atoms. The number of benzene rings is 2. The molecule has 7 nitrogen and oxygen atoms in total. The Morgan fingerprint density at radius 2 is 1.77 bits per heavy atom. The Bertz CT molecular complexity index is 780. The lowest BCUT2D eigenvalue weighted by Crippen LogP contribution is -2.42. The number of hydrogen-bond acceptors (Lipinski definition) is 7. The fourth-order valence-electron chi connectivity index (χ4n) is 3.40. The summed E-state index contributed by atoms with van der Waals surface area (Å²) in [6.07, 6.45) is -0.558. The van der Waals surface area contributed by atoms with Gasteiger partial charge in [-0.3, -0.25) is 4.90 Å². The maximum absolute atomic E-state index is 10.3. The van der Waals surface area contributed by atoms with Gasteiger partial charge in [-0.05, 0) is 35.4 Å². The van der Waals surface area contributed by atoms with E-state index in [-0.39, 0.29) is 6.61 Å². The average Bonchev–Trinajstić information content (AvgIpc) is 2.79. The SMILES string of the molecule is COc1cccc(CNCc2ccc(OC[C@@H](O)CN3CCOCC3)c(OC)c2)c1. The smallest absolute Gasteiger partial charge is 0.161 e. The van der Waals surface area contributed by atoms with Crippen LogP contribution in [0.5, 0.6) is 17.2 Å². The quantitative estimate of drug-likeness (QED) is 0.581. The minimum atomic E-state index is -0.558. The minimum Gasteiger partial charge on any atom is -0.497 e.